The summed E-state index contributed by atoms with van der Waals surface area (Å²) < 4.78 is 5.86. The zero-order valence-corrected chi connectivity index (χ0v) is 13.6. The third kappa shape index (κ3) is 4.06. The van der Waals surface area contributed by atoms with E-state index >= 15 is 0 Å². The molecule has 0 unspecified atom stereocenters. The first-order valence-electron chi connectivity index (χ1n) is 7.71. The first kappa shape index (κ1) is 15.9. The fraction of sp³-hybridized carbons (Fsp3) is 0.278. The lowest BCUT2D eigenvalue weighted by Crippen LogP contribution is -2.40. The van der Waals surface area contributed by atoms with Gasteiger partial charge in [-0.3, -0.25) is 4.79 Å². The summed E-state index contributed by atoms with van der Waals surface area (Å²) >= 11 is 1.66. The molecule has 4 nitrogen and oxygen atoms in total. The van der Waals surface area contributed by atoms with E-state index in [1.807, 2.05) is 54.6 Å². The predicted molar refractivity (Wildman–Crippen MR) is 93.8 cm³/mol. The summed E-state index contributed by atoms with van der Waals surface area (Å²) in [6.45, 7) is 0.482. The van der Waals surface area contributed by atoms with Gasteiger partial charge in [-0.25, -0.2) is 0 Å². The molecule has 0 bridgehead atoms. The molecule has 23 heavy (non-hydrogen) atoms. The maximum atomic E-state index is 12.4. The monoisotopic (exact) mass is 328 g/mol. The Morgan fingerprint density at radius 3 is 2.70 bits per heavy atom. The van der Waals surface area contributed by atoms with Crippen molar-refractivity contribution in [2.75, 3.05) is 12.3 Å². The number of ether oxygens (including phenoxy) is 1. The Kier molecular flexibility index (Phi) is 5.20. The number of thioether (sulfide) groups is 1. The molecule has 1 aliphatic heterocycles. The van der Waals surface area contributed by atoms with Gasteiger partial charge in [0.25, 0.3) is 0 Å². The molecule has 2 aromatic rings. The number of hydrogen-bond donors (Lipinski definition) is 2. The second kappa shape index (κ2) is 7.53. The molecule has 120 valence electrons. The van der Waals surface area contributed by atoms with Crippen LogP contribution in [0.1, 0.15) is 17.2 Å². The summed E-state index contributed by atoms with van der Waals surface area (Å²) in [4.78, 5) is 12.4. The van der Waals surface area contributed by atoms with Crippen molar-refractivity contribution in [2.24, 2.45) is 5.73 Å². The summed E-state index contributed by atoms with van der Waals surface area (Å²) in [6, 6.07) is 17.4. The molecule has 0 saturated carbocycles. The molecule has 0 aromatic heterocycles. The van der Waals surface area contributed by atoms with Gasteiger partial charge in [-0.15, -0.1) is 11.8 Å². The van der Waals surface area contributed by atoms with Crippen LogP contribution in [0, 0.1) is 0 Å². The second-order valence-corrected chi connectivity index (χ2v) is 6.68. The van der Waals surface area contributed by atoms with Crippen LogP contribution >= 0.6 is 11.8 Å². The van der Waals surface area contributed by atoms with E-state index in [9.17, 15) is 4.79 Å². The minimum Gasteiger partial charge on any atom is -0.457 e. The van der Waals surface area contributed by atoms with Crippen molar-refractivity contribution in [2.45, 2.75) is 17.7 Å². The molecule has 3 N–H and O–H groups in total. The second-order valence-electron chi connectivity index (χ2n) is 5.47. The molecular formula is C18H20N2O2S. The third-order valence-electron chi connectivity index (χ3n) is 3.76. The van der Waals surface area contributed by atoms with Crippen molar-refractivity contribution >= 4 is 17.7 Å². The zero-order valence-electron chi connectivity index (χ0n) is 12.8. The van der Waals surface area contributed by atoms with Gasteiger partial charge in [0, 0.05) is 12.6 Å². The normalized spacial score (nSPS) is 21.3. The highest BCUT2D eigenvalue weighted by Gasteiger charge is 2.27. The van der Waals surface area contributed by atoms with Crippen LogP contribution < -0.4 is 15.8 Å². The van der Waals surface area contributed by atoms with E-state index < -0.39 is 0 Å². The summed E-state index contributed by atoms with van der Waals surface area (Å²) in [5, 5.41) is 2.80. The van der Waals surface area contributed by atoms with E-state index in [-0.39, 0.29) is 17.2 Å². The average molecular weight is 328 g/mol. The molecule has 1 amide bonds. The Bertz CT molecular complexity index is 663. The van der Waals surface area contributed by atoms with Crippen molar-refractivity contribution in [3.05, 3.63) is 60.2 Å². The van der Waals surface area contributed by atoms with E-state index in [1.54, 1.807) is 11.8 Å². The van der Waals surface area contributed by atoms with Gasteiger partial charge in [-0.05, 0) is 42.0 Å². The number of carbonyl (C=O) groups excluding carboxylic acids is 1. The number of nitrogens with two attached hydrogens (primary N) is 1. The molecule has 1 heterocycles. The molecule has 2 atom stereocenters. The Hall–Kier alpha value is -1.98. The number of hydrogen-bond acceptors (Lipinski definition) is 4. The van der Waals surface area contributed by atoms with E-state index in [1.165, 1.54) is 0 Å². The van der Waals surface area contributed by atoms with Crippen LogP contribution in [-0.4, -0.2) is 24.2 Å². The minimum atomic E-state index is -0.217. The third-order valence-corrected chi connectivity index (χ3v) is 5.05. The lowest BCUT2D eigenvalue weighted by atomic mass is 10.1. The average Bonchev–Trinajstić information content (AvgIpc) is 2.77. The number of rotatable bonds is 4. The molecular weight excluding hydrogens is 308 g/mol. The summed E-state index contributed by atoms with van der Waals surface area (Å²) in [5.74, 6) is 2.46. The standard InChI is InChI=1S/C18H20N2O2S/c19-12-14-9-10-23-17(18(21)20-14)13-5-4-8-16(11-13)22-15-6-2-1-3-7-15/h1-8,11,14,17H,9-10,12,19H2,(H,20,21)/t14-,17-/m0/s1. The van der Waals surface area contributed by atoms with Gasteiger partial charge in [0.05, 0.1) is 0 Å². The van der Waals surface area contributed by atoms with E-state index in [0.29, 0.717) is 6.54 Å². The SMILES string of the molecule is NC[C@@H]1CCS[C@@H](c2cccc(Oc3ccccc3)c2)C(=O)N1. The Morgan fingerprint density at radius 2 is 1.91 bits per heavy atom. The van der Waals surface area contributed by atoms with Crippen LogP contribution in [0.2, 0.25) is 0 Å². The maximum Gasteiger partial charge on any atom is 0.237 e. The van der Waals surface area contributed by atoms with Crippen molar-refractivity contribution in [3.8, 4) is 11.5 Å². The first-order valence-corrected chi connectivity index (χ1v) is 8.76. The number of benzene rings is 2. The number of carbonyl (C=O) groups is 1. The highest BCUT2D eigenvalue weighted by molar-refractivity contribution is 8.00. The fourth-order valence-corrected chi connectivity index (χ4v) is 3.76. The van der Waals surface area contributed by atoms with Crippen molar-refractivity contribution < 1.29 is 9.53 Å². The van der Waals surface area contributed by atoms with Gasteiger partial charge >= 0.3 is 0 Å². The Balaban J connectivity index is 1.77. The van der Waals surface area contributed by atoms with E-state index in [0.717, 1.165) is 29.2 Å². The topological polar surface area (TPSA) is 64.3 Å². The van der Waals surface area contributed by atoms with Gasteiger partial charge in [-0.2, -0.15) is 0 Å². The molecule has 5 heteroatoms. The number of amides is 1. The molecule has 1 saturated heterocycles. The number of nitrogens with one attached hydrogen (secondary N) is 1. The van der Waals surface area contributed by atoms with E-state index in [2.05, 4.69) is 5.32 Å². The van der Waals surface area contributed by atoms with Gasteiger partial charge in [0.1, 0.15) is 16.7 Å². The molecule has 0 radical (unpaired) electrons. The highest BCUT2D eigenvalue weighted by atomic mass is 32.2. The van der Waals surface area contributed by atoms with Gasteiger partial charge in [0.2, 0.25) is 5.91 Å². The van der Waals surface area contributed by atoms with Gasteiger partial charge < -0.3 is 15.8 Å². The molecule has 0 spiro atoms. The van der Waals surface area contributed by atoms with Crippen LogP contribution in [0.4, 0.5) is 0 Å². The van der Waals surface area contributed by atoms with E-state index in [4.69, 9.17) is 10.5 Å². The Morgan fingerprint density at radius 1 is 1.13 bits per heavy atom. The first-order chi connectivity index (χ1) is 11.3. The van der Waals surface area contributed by atoms with Crippen molar-refractivity contribution in [1.29, 1.82) is 0 Å². The van der Waals surface area contributed by atoms with Crippen LogP contribution in [0.15, 0.2) is 54.6 Å². The van der Waals surface area contributed by atoms with Crippen LogP contribution in [-0.2, 0) is 4.79 Å². The molecule has 3 rings (SSSR count). The van der Waals surface area contributed by atoms with Crippen LogP contribution in [0.3, 0.4) is 0 Å². The van der Waals surface area contributed by atoms with Crippen molar-refractivity contribution in [1.82, 2.24) is 5.32 Å². The fourth-order valence-electron chi connectivity index (χ4n) is 2.54. The molecule has 2 aromatic carbocycles. The summed E-state index contributed by atoms with van der Waals surface area (Å²) in [7, 11) is 0. The quantitative estimate of drug-likeness (QED) is 0.905. The van der Waals surface area contributed by atoms with Crippen molar-refractivity contribution in [3.63, 3.8) is 0 Å². The predicted octanol–water partition coefficient (Wildman–Crippen LogP) is 3.10. The van der Waals surface area contributed by atoms with Gasteiger partial charge in [0.15, 0.2) is 0 Å². The lowest BCUT2D eigenvalue weighted by molar-refractivity contribution is -0.121. The summed E-state index contributed by atoms with van der Waals surface area (Å²) in [6.07, 6.45) is 0.906. The molecule has 0 aliphatic carbocycles. The highest BCUT2D eigenvalue weighted by Crippen LogP contribution is 2.34. The lowest BCUT2D eigenvalue weighted by Gasteiger charge is -2.16. The van der Waals surface area contributed by atoms with Gasteiger partial charge in [-0.1, -0.05) is 30.3 Å². The molecule has 1 fully saturated rings. The Labute approximate surface area is 140 Å². The smallest absolute Gasteiger partial charge is 0.237 e. The van der Waals surface area contributed by atoms with Crippen LogP contribution in [0.5, 0.6) is 11.5 Å². The molecule has 1 aliphatic rings. The summed E-state index contributed by atoms with van der Waals surface area (Å²) in [5.41, 5.74) is 6.64. The maximum absolute atomic E-state index is 12.4. The minimum absolute atomic E-state index is 0.0276. The number of para-hydroxylation sites is 1. The largest absolute Gasteiger partial charge is 0.457 e. The zero-order chi connectivity index (χ0) is 16.1. The van der Waals surface area contributed by atoms with Crippen LogP contribution in [0.25, 0.3) is 0 Å².